The summed E-state index contributed by atoms with van der Waals surface area (Å²) in [5.74, 6) is -0.456. The van der Waals surface area contributed by atoms with Crippen molar-refractivity contribution in [2.75, 3.05) is 5.73 Å². The molecular weight excluding hydrogens is 464 g/mol. The highest BCUT2D eigenvalue weighted by Crippen LogP contribution is 2.39. The molecule has 0 saturated carbocycles. The van der Waals surface area contributed by atoms with Gasteiger partial charge >= 0.3 is 0 Å². The van der Waals surface area contributed by atoms with Crippen LogP contribution < -0.4 is 10.5 Å². The molecule has 6 nitrogen and oxygen atoms in total. The first kappa shape index (κ1) is 21.4. The van der Waals surface area contributed by atoms with Gasteiger partial charge in [0.05, 0.1) is 21.6 Å². The van der Waals surface area contributed by atoms with Gasteiger partial charge in [0.15, 0.2) is 11.6 Å². The second-order valence-corrected chi connectivity index (χ2v) is 9.32. The molecule has 1 atom stereocenters. The molecule has 0 aliphatic carbocycles. The summed E-state index contributed by atoms with van der Waals surface area (Å²) in [5.41, 5.74) is 6.53. The predicted octanol–water partition coefficient (Wildman–Crippen LogP) is 5.44. The van der Waals surface area contributed by atoms with Crippen molar-refractivity contribution < 1.29 is 17.5 Å². The molecule has 0 unspecified atom stereocenters. The first-order valence-electron chi connectivity index (χ1n) is 9.08. The molecule has 2 heterocycles. The van der Waals surface area contributed by atoms with Gasteiger partial charge in [0.25, 0.3) is 10.0 Å². The quantitative estimate of drug-likeness (QED) is 0.385. The van der Waals surface area contributed by atoms with Gasteiger partial charge in [-0.25, -0.2) is 21.8 Å². The van der Waals surface area contributed by atoms with Crippen molar-refractivity contribution >= 4 is 49.9 Å². The van der Waals surface area contributed by atoms with E-state index in [1.165, 1.54) is 30.6 Å². The largest absolute Gasteiger partial charge is 0.481 e. The molecule has 0 radical (unpaired) electrons. The van der Waals surface area contributed by atoms with Crippen LogP contribution in [-0.2, 0) is 10.0 Å². The SMILES string of the molecule is C[C@@H](Oc1c(N)ncc2c1ccn2S(=O)(=O)c1ccccc1)c1c(Cl)ccc(F)c1Cl. The Kier molecular flexibility index (Phi) is 5.55. The number of rotatable bonds is 5. The van der Waals surface area contributed by atoms with Gasteiger partial charge in [0.2, 0.25) is 0 Å². The summed E-state index contributed by atoms with van der Waals surface area (Å²) in [4.78, 5) is 4.21. The number of fused-ring (bicyclic) bond motifs is 1. The van der Waals surface area contributed by atoms with Gasteiger partial charge in [0.1, 0.15) is 11.9 Å². The molecule has 10 heteroatoms. The topological polar surface area (TPSA) is 87.2 Å². The van der Waals surface area contributed by atoms with E-state index in [1.807, 2.05) is 0 Å². The average molecular weight is 480 g/mol. The maximum atomic E-state index is 13.9. The van der Waals surface area contributed by atoms with Crippen molar-refractivity contribution in [2.24, 2.45) is 0 Å². The minimum Gasteiger partial charge on any atom is -0.481 e. The third-order valence-electron chi connectivity index (χ3n) is 4.77. The van der Waals surface area contributed by atoms with Crippen LogP contribution in [0.25, 0.3) is 10.9 Å². The Hall–Kier alpha value is -2.81. The molecule has 0 saturated heterocycles. The molecular formula is C21H16Cl2FN3O3S. The summed E-state index contributed by atoms with van der Waals surface area (Å²) in [6.45, 7) is 1.63. The molecule has 4 rings (SSSR count). The van der Waals surface area contributed by atoms with E-state index in [-0.39, 0.29) is 37.6 Å². The molecule has 0 amide bonds. The maximum absolute atomic E-state index is 13.9. The van der Waals surface area contributed by atoms with Crippen LogP contribution in [0.2, 0.25) is 10.0 Å². The fraction of sp³-hybridized carbons (Fsp3) is 0.0952. The van der Waals surface area contributed by atoms with Crippen LogP contribution in [0.5, 0.6) is 5.75 Å². The standard InChI is InChI=1S/C21H16Cl2FN3O3S/c1-12(18-15(22)7-8-16(24)19(18)23)30-20-14-9-10-27(17(14)11-26-21(20)25)31(28,29)13-5-3-2-4-6-13/h2-12H,1H3,(H2,25,26)/t12-/m1/s1. The summed E-state index contributed by atoms with van der Waals surface area (Å²) in [6, 6.07) is 12.1. The van der Waals surface area contributed by atoms with Crippen LogP contribution in [0.4, 0.5) is 10.2 Å². The van der Waals surface area contributed by atoms with Crippen molar-refractivity contribution in [3.8, 4) is 5.75 Å². The first-order chi connectivity index (χ1) is 14.7. The second kappa shape index (κ2) is 8.03. The number of halogens is 3. The Morgan fingerprint density at radius 3 is 2.55 bits per heavy atom. The van der Waals surface area contributed by atoms with E-state index in [1.54, 1.807) is 31.2 Å². The lowest BCUT2D eigenvalue weighted by Crippen LogP contribution is -2.12. The van der Waals surface area contributed by atoms with Crippen LogP contribution in [0.1, 0.15) is 18.6 Å². The monoisotopic (exact) mass is 479 g/mol. The minimum absolute atomic E-state index is 0.0397. The summed E-state index contributed by atoms with van der Waals surface area (Å²) >= 11 is 12.3. The molecule has 0 fully saturated rings. The van der Waals surface area contributed by atoms with Crippen LogP contribution in [0, 0.1) is 5.82 Å². The molecule has 4 aromatic rings. The van der Waals surface area contributed by atoms with Crippen LogP contribution in [0.3, 0.4) is 0 Å². The van der Waals surface area contributed by atoms with E-state index < -0.39 is 21.9 Å². The summed E-state index contributed by atoms with van der Waals surface area (Å²) in [5, 5.41) is 0.479. The van der Waals surface area contributed by atoms with Gasteiger partial charge in [-0.05, 0) is 37.3 Å². The number of aromatic nitrogens is 2. The predicted molar refractivity (Wildman–Crippen MR) is 119 cm³/mol. The molecule has 0 spiro atoms. The normalized spacial score (nSPS) is 12.8. The van der Waals surface area contributed by atoms with Crippen molar-refractivity contribution in [1.29, 1.82) is 0 Å². The number of nitrogen functional groups attached to an aromatic ring is 1. The lowest BCUT2D eigenvalue weighted by molar-refractivity contribution is 0.230. The van der Waals surface area contributed by atoms with E-state index in [2.05, 4.69) is 4.98 Å². The molecule has 31 heavy (non-hydrogen) atoms. The van der Waals surface area contributed by atoms with Gasteiger partial charge in [0, 0.05) is 22.2 Å². The first-order valence-corrected chi connectivity index (χ1v) is 11.3. The number of benzene rings is 2. The van der Waals surface area contributed by atoms with Crippen molar-refractivity contribution in [2.45, 2.75) is 17.9 Å². The Morgan fingerprint density at radius 1 is 1.13 bits per heavy atom. The number of anilines is 1. The zero-order valence-corrected chi connectivity index (χ0v) is 18.4. The van der Waals surface area contributed by atoms with Crippen LogP contribution in [0.15, 0.2) is 65.8 Å². The third kappa shape index (κ3) is 3.71. The van der Waals surface area contributed by atoms with E-state index in [0.717, 1.165) is 10.0 Å². The Labute approximate surface area is 188 Å². The van der Waals surface area contributed by atoms with E-state index in [4.69, 9.17) is 33.7 Å². The molecule has 2 aromatic heterocycles. The van der Waals surface area contributed by atoms with Crippen molar-refractivity contribution in [1.82, 2.24) is 8.96 Å². The third-order valence-corrected chi connectivity index (χ3v) is 7.19. The number of pyridine rings is 1. The van der Waals surface area contributed by atoms with Gasteiger partial charge in [-0.1, -0.05) is 41.4 Å². The number of ether oxygens (including phenoxy) is 1. The fourth-order valence-corrected chi connectivity index (χ4v) is 5.29. The second-order valence-electron chi connectivity index (χ2n) is 6.72. The molecule has 0 aliphatic heterocycles. The summed E-state index contributed by atoms with van der Waals surface area (Å²) < 4.78 is 47.1. The minimum atomic E-state index is -3.86. The van der Waals surface area contributed by atoms with Crippen molar-refractivity contribution in [3.63, 3.8) is 0 Å². The van der Waals surface area contributed by atoms with Gasteiger partial charge in [-0.2, -0.15) is 0 Å². The number of nitrogens with two attached hydrogens (primary N) is 1. The fourth-order valence-electron chi connectivity index (χ4n) is 3.26. The Balaban J connectivity index is 1.81. The van der Waals surface area contributed by atoms with E-state index >= 15 is 0 Å². The van der Waals surface area contributed by atoms with Gasteiger partial charge < -0.3 is 10.5 Å². The molecule has 2 aromatic carbocycles. The highest BCUT2D eigenvalue weighted by molar-refractivity contribution is 7.90. The Bertz CT molecular complexity index is 1390. The number of hydrogen-bond acceptors (Lipinski definition) is 5. The average Bonchev–Trinajstić information content (AvgIpc) is 3.19. The lowest BCUT2D eigenvalue weighted by atomic mass is 10.1. The van der Waals surface area contributed by atoms with Gasteiger partial charge in [-0.15, -0.1) is 0 Å². The van der Waals surface area contributed by atoms with Crippen LogP contribution >= 0.6 is 23.2 Å². The Morgan fingerprint density at radius 2 is 1.84 bits per heavy atom. The van der Waals surface area contributed by atoms with Crippen LogP contribution in [-0.4, -0.2) is 17.4 Å². The van der Waals surface area contributed by atoms with Gasteiger partial charge in [-0.3, -0.25) is 0 Å². The van der Waals surface area contributed by atoms with E-state index in [9.17, 15) is 12.8 Å². The highest BCUT2D eigenvalue weighted by Gasteiger charge is 2.24. The molecule has 160 valence electrons. The molecule has 0 bridgehead atoms. The maximum Gasteiger partial charge on any atom is 0.268 e. The van der Waals surface area contributed by atoms with Crippen molar-refractivity contribution in [3.05, 3.63) is 82.4 Å². The number of hydrogen-bond donors (Lipinski definition) is 1. The summed E-state index contributed by atoms with van der Waals surface area (Å²) in [6.07, 6.45) is 1.96. The smallest absolute Gasteiger partial charge is 0.268 e. The molecule has 2 N–H and O–H groups in total. The molecule has 0 aliphatic rings. The lowest BCUT2D eigenvalue weighted by Gasteiger charge is -2.19. The van der Waals surface area contributed by atoms with E-state index in [0.29, 0.717) is 5.39 Å². The summed E-state index contributed by atoms with van der Waals surface area (Å²) in [7, 11) is -3.86. The number of nitrogens with zero attached hydrogens (tertiary/aromatic N) is 2. The highest BCUT2D eigenvalue weighted by atomic mass is 35.5. The zero-order chi connectivity index (χ0) is 22.3. The zero-order valence-electron chi connectivity index (χ0n) is 16.1.